The number of aromatic nitrogens is 2. The quantitative estimate of drug-likeness (QED) is 0.769. The molecule has 0 bridgehead atoms. The molecule has 0 saturated heterocycles. The lowest BCUT2D eigenvalue weighted by Gasteiger charge is -2.25. The molecule has 0 N–H and O–H groups in total. The molecule has 1 rings (SSSR count). The van der Waals surface area contributed by atoms with Crippen LogP contribution in [0.25, 0.3) is 0 Å². The highest BCUT2D eigenvalue weighted by Gasteiger charge is 2.40. The summed E-state index contributed by atoms with van der Waals surface area (Å²) >= 11 is 0. The number of hydrogen-bond acceptors (Lipinski definition) is 3. The molecule has 0 aliphatic heterocycles. The summed E-state index contributed by atoms with van der Waals surface area (Å²) in [6.07, 6.45) is 3.96. The lowest BCUT2D eigenvalue weighted by atomic mass is 9.90. The molecule has 0 spiro atoms. The van der Waals surface area contributed by atoms with Crippen molar-refractivity contribution in [3.8, 4) is 6.01 Å². The SMILES string of the molecule is CCCC(CC)C(F)(F)c1cnc(OC)nc1. The molecule has 0 saturated carbocycles. The Bertz CT molecular complexity index is 341. The monoisotopic (exact) mass is 244 g/mol. The van der Waals surface area contributed by atoms with E-state index >= 15 is 0 Å². The van der Waals surface area contributed by atoms with Crippen LogP contribution in [0.4, 0.5) is 8.78 Å². The van der Waals surface area contributed by atoms with Gasteiger partial charge in [0.2, 0.25) is 0 Å². The minimum atomic E-state index is -2.88. The van der Waals surface area contributed by atoms with Crippen molar-refractivity contribution in [2.75, 3.05) is 7.11 Å². The van der Waals surface area contributed by atoms with Crippen LogP contribution in [0, 0.1) is 5.92 Å². The first kappa shape index (κ1) is 13.8. The van der Waals surface area contributed by atoms with Crippen LogP contribution in [-0.2, 0) is 5.92 Å². The predicted octanol–water partition coefficient (Wildman–Crippen LogP) is 3.40. The number of nitrogens with zero attached hydrogens (tertiary/aromatic N) is 2. The average molecular weight is 244 g/mol. The predicted molar refractivity (Wildman–Crippen MR) is 61.2 cm³/mol. The van der Waals surface area contributed by atoms with Crippen LogP contribution in [0.15, 0.2) is 12.4 Å². The van der Waals surface area contributed by atoms with Gasteiger partial charge in [-0.1, -0.05) is 20.3 Å². The fraction of sp³-hybridized carbons (Fsp3) is 0.667. The number of halogens is 2. The van der Waals surface area contributed by atoms with Gasteiger partial charge in [0, 0.05) is 18.3 Å². The number of ether oxygens (including phenoxy) is 1. The van der Waals surface area contributed by atoms with E-state index in [0.29, 0.717) is 12.8 Å². The molecule has 1 aromatic heterocycles. The van der Waals surface area contributed by atoms with E-state index in [2.05, 4.69) is 9.97 Å². The van der Waals surface area contributed by atoms with Crippen LogP contribution in [-0.4, -0.2) is 17.1 Å². The summed E-state index contributed by atoms with van der Waals surface area (Å²) in [5, 5.41) is 0. The van der Waals surface area contributed by atoms with Crippen molar-refractivity contribution < 1.29 is 13.5 Å². The Kier molecular flexibility index (Phi) is 4.78. The first-order valence-corrected chi connectivity index (χ1v) is 5.80. The molecule has 1 aromatic rings. The maximum absolute atomic E-state index is 14.1. The van der Waals surface area contributed by atoms with Gasteiger partial charge < -0.3 is 4.74 Å². The molecule has 3 nitrogen and oxygen atoms in total. The van der Waals surface area contributed by atoms with E-state index < -0.39 is 11.8 Å². The average Bonchev–Trinajstić information content (AvgIpc) is 2.35. The van der Waals surface area contributed by atoms with E-state index in [1.165, 1.54) is 7.11 Å². The maximum atomic E-state index is 14.1. The van der Waals surface area contributed by atoms with E-state index in [0.717, 1.165) is 18.8 Å². The van der Waals surface area contributed by atoms with Gasteiger partial charge >= 0.3 is 6.01 Å². The second-order valence-electron chi connectivity index (χ2n) is 3.98. The number of alkyl halides is 2. The van der Waals surface area contributed by atoms with Gasteiger partial charge in [-0.25, -0.2) is 18.7 Å². The molecule has 17 heavy (non-hydrogen) atoms. The van der Waals surface area contributed by atoms with Crippen molar-refractivity contribution in [3.63, 3.8) is 0 Å². The van der Waals surface area contributed by atoms with Gasteiger partial charge in [0.05, 0.1) is 12.7 Å². The molecule has 0 amide bonds. The fourth-order valence-corrected chi connectivity index (χ4v) is 1.82. The zero-order valence-electron chi connectivity index (χ0n) is 10.4. The Morgan fingerprint density at radius 2 is 1.88 bits per heavy atom. The van der Waals surface area contributed by atoms with Crippen molar-refractivity contribution in [2.45, 2.75) is 39.0 Å². The molecular weight excluding hydrogens is 226 g/mol. The van der Waals surface area contributed by atoms with Gasteiger partial charge in [-0.05, 0) is 12.8 Å². The zero-order valence-corrected chi connectivity index (χ0v) is 10.4. The minimum Gasteiger partial charge on any atom is -0.467 e. The van der Waals surface area contributed by atoms with E-state index in [-0.39, 0.29) is 11.6 Å². The van der Waals surface area contributed by atoms with Gasteiger partial charge in [0.15, 0.2) is 0 Å². The third-order valence-corrected chi connectivity index (χ3v) is 2.84. The molecule has 0 radical (unpaired) electrons. The Labute approximate surface area is 100 Å². The van der Waals surface area contributed by atoms with Crippen LogP contribution in [0.5, 0.6) is 6.01 Å². The summed E-state index contributed by atoms with van der Waals surface area (Å²) in [5.41, 5.74) is -0.140. The number of methoxy groups -OCH3 is 1. The molecule has 1 atom stereocenters. The van der Waals surface area contributed by atoms with E-state index in [1.807, 2.05) is 6.92 Å². The second kappa shape index (κ2) is 5.89. The second-order valence-corrected chi connectivity index (χ2v) is 3.98. The molecular formula is C12H18F2N2O. The van der Waals surface area contributed by atoms with Crippen molar-refractivity contribution in [2.24, 2.45) is 5.92 Å². The summed E-state index contributed by atoms with van der Waals surface area (Å²) in [6.45, 7) is 3.68. The maximum Gasteiger partial charge on any atom is 0.316 e. The first-order chi connectivity index (χ1) is 8.06. The molecule has 96 valence electrons. The minimum absolute atomic E-state index is 0.105. The number of hydrogen-bond donors (Lipinski definition) is 0. The van der Waals surface area contributed by atoms with Gasteiger partial charge in [-0.2, -0.15) is 0 Å². The number of rotatable bonds is 6. The van der Waals surface area contributed by atoms with Crippen LogP contribution in [0.2, 0.25) is 0 Å². The Morgan fingerprint density at radius 3 is 2.29 bits per heavy atom. The zero-order chi connectivity index (χ0) is 12.9. The highest BCUT2D eigenvalue weighted by atomic mass is 19.3. The Morgan fingerprint density at radius 1 is 1.29 bits per heavy atom. The Hall–Kier alpha value is -1.26. The smallest absolute Gasteiger partial charge is 0.316 e. The largest absolute Gasteiger partial charge is 0.467 e. The van der Waals surface area contributed by atoms with Gasteiger partial charge in [0.25, 0.3) is 5.92 Å². The molecule has 0 aliphatic rings. The van der Waals surface area contributed by atoms with E-state index in [4.69, 9.17) is 4.74 Å². The molecule has 0 aromatic carbocycles. The summed E-state index contributed by atoms with van der Waals surface area (Å²) in [6, 6.07) is 0.105. The van der Waals surface area contributed by atoms with Crippen molar-refractivity contribution in [1.29, 1.82) is 0 Å². The van der Waals surface area contributed by atoms with Gasteiger partial charge in [-0.3, -0.25) is 0 Å². The molecule has 5 heteroatoms. The van der Waals surface area contributed by atoms with E-state index in [9.17, 15) is 8.78 Å². The Balaban J connectivity index is 2.93. The van der Waals surface area contributed by atoms with E-state index in [1.54, 1.807) is 6.92 Å². The highest BCUT2D eigenvalue weighted by Crippen LogP contribution is 2.39. The molecule has 0 fully saturated rings. The summed E-state index contributed by atoms with van der Waals surface area (Å²) in [4.78, 5) is 7.45. The van der Waals surface area contributed by atoms with Crippen molar-refractivity contribution in [1.82, 2.24) is 9.97 Å². The molecule has 1 heterocycles. The highest BCUT2D eigenvalue weighted by molar-refractivity contribution is 5.15. The lowest BCUT2D eigenvalue weighted by molar-refractivity contribution is -0.0705. The van der Waals surface area contributed by atoms with Crippen molar-refractivity contribution >= 4 is 0 Å². The van der Waals surface area contributed by atoms with Gasteiger partial charge in [-0.15, -0.1) is 0 Å². The lowest BCUT2D eigenvalue weighted by Crippen LogP contribution is -2.25. The van der Waals surface area contributed by atoms with Crippen LogP contribution in [0.3, 0.4) is 0 Å². The third kappa shape index (κ3) is 3.11. The third-order valence-electron chi connectivity index (χ3n) is 2.84. The topological polar surface area (TPSA) is 35.0 Å². The van der Waals surface area contributed by atoms with Crippen LogP contribution >= 0.6 is 0 Å². The van der Waals surface area contributed by atoms with Crippen molar-refractivity contribution in [3.05, 3.63) is 18.0 Å². The molecule has 0 aliphatic carbocycles. The van der Waals surface area contributed by atoms with Crippen LogP contribution < -0.4 is 4.74 Å². The fourth-order valence-electron chi connectivity index (χ4n) is 1.82. The molecule has 1 unspecified atom stereocenters. The normalized spacial score (nSPS) is 13.5. The summed E-state index contributed by atoms with van der Waals surface area (Å²) in [7, 11) is 1.40. The first-order valence-electron chi connectivity index (χ1n) is 5.80. The van der Waals surface area contributed by atoms with Gasteiger partial charge in [0.1, 0.15) is 0 Å². The summed E-state index contributed by atoms with van der Waals surface area (Å²) < 4.78 is 33.0. The summed E-state index contributed by atoms with van der Waals surface area (Å²) in [5.74, 6) is -3.54. The standard InChI is InChI=1S/C12H18F2N2O/c1-4-6-9(5-2)12(13,14)10-7-15-11(17-3)16-8-10/h7-9H,4-6H2,1-3H3. The van der Waals surface area contributed by atoms with Crippen LogP contribution in [0.1, 0.15) is 38.7 Å².